The first-order chi connectivity index (χ1) is 45.1. The maximum Gasteiger partial charge on any atom is 0.220 e. The van der Waals surface area contributed by atoms with Gasteiger partial charge in [0.2, 0.25) is 5.91 Å². The third-order valence-electron chi connectivity index (χ3n) is 15.9. The zero-order valence-electron chi connectivity index (χ0n) is 56.5. The lowest BCUT2D eigenvalue weighted by Crippen LogP contribution is -2.65. The van der Waals surface area contributed by atoms with Crippen LogP contribution in [-0.4, -0.2) is 140 Å². The van der Waals surface area contributed by atoms with Crippen LogP contribution in [0, 0.1) is 0 Å². The number of nitrogens with one attached hydrogen (secondary N) is 1. The summed E-state index contributed by atoms with van der Waals surface area (Å²) >= 11 is 0. The van der Waals surface area contributed by atoms with Crippen LogP contribution in [0.2, 0.25) is 0 Å². The van der Waals surface area contributed by atoms with Gasteiger partial charge in [-0.05, 0) is 128 Å². The quantitative estimate of drug-likeness (QED) is 0.0204. The number of hydrogen-bond acceptors (Lipinski definition) is 13. The highest BCUT2D eigenvalue weighted by molar-refractivity contribution is 5.76. The third-order valence-corrected chi connectivity index (χ3v) is 15.9. The van der Waals surface area contributed by atoms with Crippen molar-refractivity contribution < 1.29 is 64.6 Å². The molecule has 2 saturated heterocycles. The summed E-state index contributed by atoms with van der Waals surface area (Å²) in [6, 6.07) is -0.971. The van der Waals surface area contributed by atoms with Crippen molar-refractivity contribution in [1.82, 2.24) is 5.32 Å². The molecule has 2 aliphatic rings. The average molecular weight is 1280 g/mol. The molecule has 2 rings (SSSR count). The number of aliphatic hydroxyl groups excluding tert-OH is 8. The molecule has 0 aromatic carbocycles. The fourth-order valence-electron chi connectivity index (χ4n) is 10.3. The summed E-state index contributed by atoms with van der Waals surface area (Å²) in [5, 5.41) is 87.3. The van der Waals surface area contributed by atoms with Gasteiger partial charge < -0.3 is 65.1 Å². The second-order valence-electron chi connectivity index (χ2n) is 23.9. The zero-order chi connectivity index (χ0) is 66.6. The lowest BCUT2D eigenvalue weighted by Gasteiger charge is -2.46. The predicted molar refractivity (Wildman–Crippen MR) is 377 cm³/mol. The number of carbonyl (C=O) groups excluding carboxylic acids is 1. The molecule has 1 amide bonds. The van der Waals surface area contributed by atoms with Crippen LogP contribution in [0.25, 0.3) is 0 Å². The monoisotopic (exact) mass is 1280 g/mol. The summed E-state index contributed by atoms with van der Waals surface area (Å²) in [7, 11) is 0. The van der Waals surface area contributed by atoms with Crippen LogP contribution in [0.1, 0.15) is 219 Å². The number of allylic oxidation sites excluding steroid dienone is 27. The first-order valence-corrected chi connectivity index (χ1v) is 35.4. The van der Waals surface area contributed by atoms with E-state index in [1.165, 1.54) is 70.6 Å². The molecule has 14 heteroatoms. The molecule has 2 heterocycles. The molecule has 2 fully saturated rings. The molecule has 0 bridgehead atoms. The summed E-state index contributed by atoms with van der Waals surface area (Å²) in [5.41, 5.74) is 0. The Morgan fingerprint density at radius 3 is 1.20 bits per heavy atom. The lowest BCUT2D eigenvalue weighted by atomic mass is 9.97. The Balaban J connectivity index is 1.72. The average Bonchev–Trinajstić information content (AvgIpc) is 0.915. The zero-order valence-corrected chi connectivity index (χ0v) is 56.5. The van der Waals surface area contributed by atoms with Crippen molar-refractivity contribution >= 4 is 5.91 Å². The van der Waals surface area contributed by atoms with Crippen LogP contribution < -0.4 is 5.32 Å². The van der Waals surface area contributed by atoms with Gasteiger partial charge in [-0.15, -0.1) is 0 Å². The minimum atomic E-state index is -1.81. The summed E-state index contributed by atoms with van der Waals surface area (Å²) in [6.07, 6.45) is 76.9. The minimum absolute atomic E-state index is 0.218. The predicted octanol–water partition coefficient (Wildman–Crippen LogP) is 14.8. The number of carbonyl (C=O) groups is 1. The van der Waals surface area contributed by atoms with Crippen molar-refractivity contribution in [2.75, 3.05) is 19.8 Å². The number of hydrogen-bond donors (Lipinski definition) is 9. The van der Waals surface area contributed by atoms with Gasteiger partial charge in [-0.1, -0.05) is 255 Å². The molecule has 0 aromatic rings. The van der Waals surface area contributed by atoms with Crippen molar-refractivity contribution in [2.24, 2.45) is 0 Å². The van der Waals surface area contributed by atoms with Gasteiger partial charge in [0.05, 0.1) is 32.0 Å². The normalized spacial score (nSPS) is 23.8. The van der Waals surface area contributed by atoms with E-state index < -0.39 is 86.8 Å². The van der Waals surface area contributed by atoms with Crippen LogP contribution in [0.15, 0.2) is 170 Å². The molecule has 0 saturated carbocycles. The summed E-state index contributed by atoms with van der Waals surface area (Å²) in [6.45, 7) is 2.63. The Bertz CT molecular complexity index is 2200. The number of ether oxygens (including phenoxy) is 4. The van der Waals surface area contributed by atoms with E-state index in [9.17, 15) is 45.6 Å². The van der Waals surface area contributed by atoms with Gasteiger partial charge in [-0.3, -0.25) is 4.79 Å². The van der Waals surface area contributed by atoms with Crippen LogP contribution in [0.5, 0.6) is 0 Å². The Hall–Kier alpha value is -4.65. The largest absolute Gasteiger partial charge is 0.394 e. The summed E-state index contributed by atoms with van der Waals surface area (Å²) in [5.74, 6) is -0.292. The van der Waals surface area contributed by atoms with Crippen LogP contribution in [0.4, 0.5) is 0 Å². The highest BCUT2D eigenvalue weighted by Crippen LogP contribution is 2.30. The van der Waals surface area contributed by atoms with E-state index in [1.54, 1.807) is 6.08 Å². The Morgan fingerprint density at radius 1 is 0.402 bits per heavy atom. The lowest BCUT2D eigenvalue weighted by molar-refractivity contribution is -0.359. The van der Waals surface area contributed by atoms with Gasteiger partial charge >= 0.3 is 0 Å². The van der Waals surface area contributed by atoms with Gasteiger partial charge in [-0.2, -0.15) is 0 Å². The maximum absolute atomic E-state index is 13.3. The smallest absolute Gasteiger partial charge is 0.220 e. The molecule has 14 nitrogen and oxygen atoms in total. The highest BCUT2D eigenvalue weighted by Gasteiger charge is 2.51. The Morgan fingerprint density at radius 2 is 0.761 bits per heavy atom. The number of aliphatic hydroxyl groups is 8. The van der Waals surface area contributed by atoms with Crippen molar-refractivity contribution in [2.45, 2.75) is 293 Å². The van der Waals surface area contributed by atoms with Crippen molar-refractivity contribution in [3.05, 3.63) is 170 Å². The standard InChI is InChI=1S/C78H125NO13/c1-3-5-7-9-11-13-15-17-19-21-23-25-26-27-28-29-30-31-32-33-34-35-36-37-38-39-40-42-44-46-48-50-52-54-56-58-60-62-70(83)79-66(67(82)61-59-57-55-53-51-49-47-45-43-41-24-22-20-18-16-14-12-10-8-6-4-2)65-89-77-75(88)73(86)76(69(64-81)91-77)92-78-74(87)72(85)71(84)68(63-80)90-78/h5,7,11,13,17,19,23,25,27-28,30-31,33-34,36-37,39-40,43-46,50-53,59,61,66-69,71-78,80-82,84-88H,3-4,6,8-10,12,14-16,18,20-22,24,26,29,32,35,38,41-42,47-49,54-58,60,62-65H2,1-2H3,(H,79,83)/b7-5-,13-11-,19-17-,25-23-,28-27-,31-30-,34-33-,37-36-,40-39-,45-43+,46-44-,52-50-,53-51+,61-59+. The van der Waals surface area contributed by atoms with E-state index in [4.69, 9.17) is 18.9 Å². The fraction of sp³-hybridized carbons (Fsp3) is 0.628. The topological polar surface area (TPSA) is 228 Å². The maximum atomic E-state index is 13.3. The molecule has 12 unspecified atom stereocenters. The van der Waals surface area contributed by atoms with Crippen LogP contribution in [-0.2, 0) is 23.7 Å². The second kappa shape index (κ2) is 60.0. The fourth-order valence-corrected chi connectivity index (χ4v) is 10.3. The molecule has 9 N–H and O–H groups in total. The third kappa shape index (κ3) is 43.4. The number of unbranched alkanes of at least 4 members (excludes halogenated alkanes) is 16. The minimum Gasteiger partial charge on any atom is -0.394 e. The van der Waals surface area contributed by atoms with Crippen molar-refractivity contribution in [3.8, 4) is 0 Å². The Kier molecular flexibility index (Phi) is 54.5. The Labute approximate surface area is 556 Å². The molecule has 12 atom stereocenters. The molecule has 520 valence electrons. The first-order valence-electron chi connectivity index (χ1n) is 35.4. The molecule has 0 spiro atoms. The molecular formula is C78H125NO13. The van der Waals surface area contributed by atoms with Crippen LogP contribution in [0.3, 0.4) is 0 Å². The van der Waals surface area contributed by atoms with Gasteiger partial charge in [-0.25, -0.2) is 0 Å². The van der Waals surface area contributed by atoms with Gasteiger partial charge in [0.25, 0.3) is 0 Å². The molecule has 2 aliphatic heterocycles. The van der Waals surface area contributed by atoms with E-state index >= 15 is 0 Å². The van der Waals surface area contributed by atoms with E-state index in [0.29, 0.717) is 12.8 Å². The number of amides is 1. The van der Waals surface area contributed by atoms with Crippen LogP contribution >= 0.6 is 0 Å². The van der Waals surface area contributed by atoms with E-state index in [0.717, 1.165) is 116 Å². The molecule has 0 aromatic heterocycles. The SMILES string of the molecule is CC/C=C\C/C=C\C/C=C\C/C=C\C/C=C\C/C=C\C/C=C\C/C=C\C/C=C\C/C=C\C/C=C\CCCCCC(=O)NC(COC1OC(CO)C(OC2OC(CO)C(O)C(O)C2O)C(O)C1O)C(O)/C=C/CC/C=C/CC/C=C/CCCCCCCCCCCCC. The highest BCUT2D eigenvalue weighted by atomic mass is 16.7. The van der Waals surface area contributed by atoms with Gasteiger partial charge in [0, 0.05) is 6.42 Å². The summed E-state index contributed by atoms with van der Waals surface area (Å²) in [4.78, 5) is 13.3. The number of rotatable bonds is 55. The van der Waals surface area contributed by atoms with Gasteiger partial charge in [0.1, 0.15) is 48.8 Å². The van der Waals surface area contributed by atoms with Gasteiger partial charge in [0.15, 0.2) is 12.6 Å². The summed E-state index contributed by atoms with van der Waals surface area (Å²) < 4.78 is 22.8. The molecule has 0 radical (unpaired) electrons. The second-order valence-corrected chi connectivity index (χ2v) is 23.9. The van der Waals surface area contributed by atoms with Crippen molar-refractivity contribution in [3.63, 3.8) is 0 Å². The van der Waals surface area contributed by atoms with E-state index in [1.807, 2.05) is 6.08 Å². The molecule has 0 aliphatic carbocycles. The van der Waals surface area contributed by atoms with Crippen molar-refractivity contribution in [1.29, 1.82) is 0 Å². The van der Waals surface area contributed by atoms with E-state index in [-0.39, 0.29) is 18.9 Å². The first kappa shape index (κ1) is 83.4. The van der Waals surface area contributed by atoms with E-state index in [2.05, 4.69) is 177 Å². The molecule has 92 heavy (non-hydrogen) atoms. The molecular weight excluding hydrogens is 1160 g/mol.